The zero-order valence-corrected chi connectivity index (χ0v) is 19.1. The van der Waals surface area contributed by atoms with Gasteiger partial charge in [0, 0.05) is 15.6 Å². The number of halogens is 1. The number of benzene rings is 2. The maximum Gasteiger partial charge on any atom is 0.257 e. The lowest BCUT2D eigenvalue weighted by Gasteiger charge is -2.41. The molecule has 2 aromatic rings. The van der Waals surface area contributed by atoms with E-state index >= 15 is 0 Å². The molecule has 1 saturated heterocycles. The molecule has 2 aromatic carbocycles. The van der Waals surface area contributed by atoms with E-state index in [4.69, 9.17) is 4.74 Å². The molecule has 6 nitrogen and oxygen atoms in total. The van der Waals surface area contributed by atoms with E-state index in [1.54, 1.807) is 60.5 Å². The van der Waals surface area contributed by atoms with E-state index < -0.39 is 11.6 Å². The largest absolute Gasteiger partial charge is 0.497 e. The lowest BCUT2D eigenvalue weighted by molar-refractivity contribution is -0.123. The average molecular weight is 473 g/mol. The first-order chi connectivity index (χ1) is 14.2. The Balaban J connectivity index is 1.98. The highest BCUT2D eigenvalue weighted by Gasteiger charge is 2.48. The molecule has 158 valence electrons. The van der Waals surface area contributed by atoms with E-state index in [0.717, 1.165) is 4.47 Å². The number of carbonyl (C=O) groups excluding carboxylic acids is 3. The van der Waals surface area contributed by atoms with Crippen LogP contribution >= 0.6 is 15.9 Å². The van der Waals surface area contributed by atoms with Crippen molar-refractivity contribution in [3.63, 3.8) is 0 Å². The second kappa shape index (κ2) is 8.60. The van der Waals surface area contributed by atoms with Crippen molar-refractivity contribution >= 4 is 39.3 Å². The molecule has 0 radical (unpaired) electrons. The van der Waals surface area contributed by atoms with Crippen LogP contribution in [0, 0.1) is 0 Å². The number of imide groups is 1. The summed E-state index contributed by atoms with van der Waals surface area (Å²) in [4.78, 5) is 42.3. The molecule has 1 aliphatic rings. The summed E-state index contributed by atoms with van der Waals surface area (Å²) >= 11 is 3.36. The van der Waals surface area contributed by atoms with Crippen molar-refractivity contribution in [2.45, 2.75) is 45.2 Å². The minimum atomic E-state index is -0.856. The van der Waals surface area contributed by atoms with Gasteiger partial charge in [0.25, 0.3) is 11.8 Å². The van der Waals surface area contributed by atoms with Gasteiger partial charge in [0.1, 0.15) is 11.8 Å². The summed E-state index contributed by atoms with van der Waals surface area (Å²) in [5.74, 6) is -0.341. The van der Waals surface area contributed by atoms with Gasteiger partial charge in [-0.1, -0.05) is 22.9 Å². The fourth-order valence-electron chi connectivity index (χ4n) is 3.56. The van der Waals surface area contributed by atoms with Gasteiger partial charge in [0.05, 0.1) is 19.2 Å². The van der Waals surface area contributed by atoms with Crippen molar-refractivity contribution in [2.24, 2.45) is 0 Å². The molecule has 1 fully saturated rings. The van der Waals surface area contributed by atoms with Gasteiger partial charge in [-0.3, -0.25) is 14.4 Å². The van der Waals surface area contributed by atoms with Crippen LogP contribution < -0.4 is 9.64 Å². The van der Waals surface area contributed by atoms with Crippen molar-refractivity contribution in [1.82, 2.24) is 4.90 Å². The number of ether oxygens (including phenoxy) is 1. The molecule has 0 N–H and O–H groups in total. The first-order valence-electron chi connectivity index (χ1n) is 9.79. The van der Waals surface area contributed by atoms with Crippen molar-refractivity contribution in [3.05, 3.63) is 58.6 Å². The van der Waals surface area contributed by atoms with Crippen molar-refractivity contribution in [1.29, 1.82) is 0 Å². The normalized spacial score (nSPS) is 16.7. The molecule has 0 aromatic heterocycles. The van der Waals surface area contributed by atoms with E-state index in [1.165, 1.54) is 4.90 Å². The summed E-state index contributed by atoms with van der Waals surface area (Å²) in [6.07, 6.45) is 0.589. The van der Waals surface area contributed by atoms with Gasteiger partial charge in [-0.15, -0.1) is 0 Å². The highest BCUT2D eigenvalue weighted by molar-refractivity contribution is 9.10. The zero-order valence-electron chi connectivity index (χ0n) is 17.5. The number of hydrogen-bond donors (Lipinski definition) is 0. The van der Waals surface area contributed by atoms with Crippen LogP contribution in [0.5, 0.6) is 5.75 Å². The first kappa shape index (κ1) is 22.0. The van der Waals surface area contributed by atoms with Gasteiger partial charge < -0.3 is 9.64 Å². The number of hydrogen-bond acceptors (Lipinski definition) is 4. The second-order valence-electron chi connectivity index (χ2n) is 7.83. The van der Waals surface area contributed by atoms with Crippen LogP contribution in [-0.2, 0) is 9.59 Å². The minimum absolute atomic E-state index is 0.0414. The highest BCUT2D eigenvalue weighted by atomic mass is 79.9. The summed E-state index contributed by atoms with van der Waals surface area (Å²) < 4.78 is 6.02. The Kier molecular flexibility index (Phi) is 6.31. The molecule has 1 unspecified atom stereocenters. The van der Waals surface area contributed by atoms with E-state index in [1.807, 2.05) is 20.8 Å². The molecule has 1 heterocycles. The van der Waals surface area contributed by atoms with Crippen LogP contribution in [-0.4, -0.2) is 41.3 Å². The third-order valence-electron chi connectivity index (χ3n) is 5.59. The van der Waals surface area contributed by atoms with Crippen molar-refractivity contribution < 1.29 is 19.1 Å². The van der Waals surface area contributed by atoms with Gasteiger partial charge >= 0.3 is 0 Å². The summed E-state index contributed by atoms with van der Waals surface area (Å²) in [6.45, 7) is 5.78. The molecule has 3 amide bonds. The number of nitrogens with zero attached hydrogens (tertiary/aromatic N) is 2. The second-order valence-corrected chi connectivity index (χ2v) is 8.75. The van der Waals surface area contributed by atoms with Crippen LogP contribution in [0.4, 0.5) is 5.69 Å². The minimum Gasteiger partial charge on any atom is -0.497 e. The van der Waals surface area contributed by atoms with Crippen LogP contribution in [0.1, 0.15) is 44.0 Å². The summed E-state index contributed by atoms with van der Waals surface area (Å²) in [7, 11) is 1.56. The predicted molar refractivity (Wildman–Crippen MR) is 119 cm³/mol. The van der Waals surface area contributed by atoms with Gasteiger partial charge in [0.2, 0.25) is 5.91 Å². The summed E-state index contributed by atoms with van der Waals surface area (Å²) in [5, 5.41) is 0. The molecule has 0 saturated carbocycles. The monoisotopic (exact) mass is 472 g/mol. The fraction of sp³-hybridized carbons (Fsp3) is 0.348. The maximum atomic E-state index is 13.5. The first-order valence-corrected chi connectivity index (χ1v) is 10.6. The van der Waals surface area contributed by atoms with Gasteiger partial charge in [-0.25, -0.2) is 4.90 Å². The lowest BCUT2D eigenvalue weighted by Crippen LogP contribution is -2.55. The van der Waals surface area contributed by atoms with E-state index in [0.29, 0.717) is 23.4 Å². The third-order valence-corrected chi connectivity index (χ3v) is 6.12. The average Bonchev–Trinajstić information content (AvgIpc) is 3.02. The van der Waals surface area contributed by atoms with Gasteiger partial charge in [0.15, 0.2) is 0 Å². The predicted octanol–water partition coefficient (Wildman–Crippen LogP) is 4.42. The third kappa shape index (κ3) is 4.12. The number of methoxy groups -OCH3 is 1. The van der Waals surface area contributed by atoms with Crippen LogP contribution in [0.2, 0.25) is 0 Å². The Labute approximate surface area is 184 Å². The molecule has 3 rings (SSSR count). The van der Waals surface area contributed by atoms with E-state index in [-0.39, 0.29) is 24.1 Å². The number of anilines is 1. The summed E-state index contributed by atoms with van der Waals surface area (Å²) in [5.41, 5.74) is 0.328. The topological polar surface area (TPSA) is 66.9 Å². The molecular weight excluding hydrogens is 448 g/mol. The molecule has 0 spiro atoms. The van der Waals surface area contributed by atoms with Crippen molar-refractivity contribution in [2.75, 3.05) is 12.0 Å². The fourth-order valence-corrected chi connectivity index (χ4v) is 3.82. The smallest absolute Gasteiger partial charge is 0.257 e. The molecule has 30 heavy (non-hydrogen) atoms. The van der Waals surface area contributed by atoms with Gasteiger partial charge in [-0.05, 0) is 68.8 Å². The zero-order chi connectivity index (χ0) is 22.1. The Hall–Kier alpha value is -2.67. The molecule has 0 aliphatic carbocycles. The van der Waals surface area contributed by atoms with E-state index in [2.05, 4.69) is 15.9 Å². The van der Waals surface area contributed by atoms with Crippen LogP contribution in [0.3, 0.4) is 0 Å². The number of rotatable bonds is 6. The quantitative estimate of drug-likeness (QED) is 0.583. The van der Waals surface area contributed by atoms with E-state index in [9.17, 15) is 14.4 Å². The molecule has 0 bridgehead atoms. The van der Waals surface area contributed by atoms with Crippen LogP contribution in [0.25, 0.3) is 0 Å². The summed E-state index contributed by atoms with van der Waals surface area (Å²) in [6, 6.07) is 12.9. The molecule has 7 heteroatoms. The number of amides is 3. The molecule has 1 aliphatic heterocycles. The lowest BCUT2D eigenvalue weighted by atomic mass is 9.94. The van der Waals surface area contributed by atoms with Crippen molar-refractivity contribution in [3.8, 4) is 5.75 Å². The Morgan fingerprint density at radius 1 is 1.13 bits per heavy atom. The number of carbonyl (C=O) groups is 3. The molecular formula is C23H25BrN2O4. The SMILES string of the molecule is CCC(C)(C)N(C(=O)c1ccc(OC)cc1)C1CC(=O)N(c2ccc(Br)cc2)C1=O. The highest BCUT2D eigenvalue weighted by Crippen LogP contribution is 2.33. The Bertz CT molecular complexity index is 954. The molecule has 1 atom stereocenters. The Morgan fingerprint density at radius 2 is 1.73 bits per heavy atom. The maximum absolute atomic E-state index is 13.5. The standard InChI is InChI=1S/C23H25BrN2O4/c1-5-23(2,3)26(21(28)15-6-12-18(30-4)13-7-15)19-14-20(27)25(22(19)29)17-10-8-16(24)9-11-17/h6-13,19H,5,14H2,1-4H3. The van der Waals surface area contributed by atoms with Crippen LogP contribution in [0.15, 0.2) is 53.0 Å². The van der Waals surface area contributed by atoms with Gasteiger partial charge in [-0.2, -0.15) is 0 Å². The Morgan fingerprint density at radius 3 is 2.27 bits per heavy atom.